The van der Waals surface area contributed by atoms with Gasteiger partial charge in [-0.2, -0.15) is 0 Å². The normalized spacial score (nSPS) is 21.8. The number of aryl methyl sites for hydroxylation is 1. The van der Waals surface area contributed by atoms with E-state index >= 15 is 0 Å². The van der Waals surface area contributed by atoms with Crippen molar-refractivity contribution in [3.8, 4) is 5.75 Å². The molecule has 3 N–H and O–H groups in total. The van der Waals surface area contributed by atoms with E-state index < -0.39 is 18.0 Å². The number of para-hydroxylation sites is 1. The standard InChI is InChI=1S/C28H38N4O4/c1-4-20(2)25-28(35)32(3)19-24(33)31-26(22-12-6-5-7-13-22)27(34)30-16-10-14-21-11-8-9-15-23(21)36-18-17-29-25/h5-9,11-13,15,20,25-26,29H,4,10,14,16-19H2,1-3H3,(H,30,34)(H,31,33). The Hall–Kier alpha value is -3.39. The first-order valence-corrected chi connectivity index (χ1v) is 12.7. The molecular formula is C28H38N4O4. The Morgan fingerprint density at radius 1 is 1.03 bits per heavy atom. The fourth-order valence-corrected chi connectivity index (χ4v) is 4.27. The number of carbonyl (C=O) groups excluding carboxylic acids is 3. The predicted molar refractivity (Wildman–Crippen MR) is 139 cm³/mol. The third-order valence-corrected chi connectivity index (χ3v) is 6.56. The number of likely N-dealkylation sites (N-methyl/N-ethyl adjacent to an activating group) is 1. The fraction of sp³-hybridized carbons (Fsp3) is 0.464. The maximum absolute atomic E-state index is 13.3. The zero-order valence-corrected chi connectivity index (χ0v) is 21.5. The van der Waals surface area contributed by atoms with E-state index in [1.165, 1.54) is 4.90 Å². The van der Waals surface area contributed by atoms with E-state index in [2.05, 4.69) is 16.0 Å². The van der Waals surface area contributed by atoms with Gasteiger partial charge in [-0.25, -0.2) is 0 Å². The summed E-state index contributed by atoms with van der Waals surface area (Å²) in [4.78, 5) is 40.7. The molecule has 1 heterocycles. The largest absolute Gasteiger partial charge is 0.492 e. The van der Waals surface area contributed by atoms with Gasteiger partial charge >= 0.3 is 0 Å². The topological polar surface area (TPSA) is 99.8 Å². The van der Waals surface area contributed by atoms with Crippen LogP contribution < -0.4 is 20.7 Å². The number of hydrogen-bond donors (Lipinski definition) is 3. The Kier molecular flexibility index (Phi) is 10.3. The van der Waals surface area contributed by atoms with Crippen molar-refractivity contribution in [3.05, 3.63) is 65.7 Å². The van der Waals surface area contributed by atoms with E-state index in [1.54, 1.807) is 7.05 Å². The highest BCUT2D eigenvalue weighted by atomic mass is 16.5. The van der Waals surface area contributed by atoms with Crippen LogP contribution in [-0.4, -0.2) is 62.0 Å². The second kappa shape index (κ2) is 13.6. The molecule has 3 atom stereocenters. The third kappa shape index (κ3) is 7.55. The molecule has 8 heteroatoms. The third-order valence-electron chi connectivity index (χ3n) is 6.56. The van der Waals surface area contributed by atoms with Gasteiger partial charge in [0.1, 0.15) is 18.4 Å². The van der Waals surface area contributed by atoms with Gasteiger partial charge in [0.15, 0.2) is 0 Å². The molecule has 0 aliphatic carbocycles. The summed E-state index contributed by atoms with van der Waals surface area (Å²) in [5, 5.41) is 9.11. The second-order valence-electron chi connectivity index (χ2n) is 9.27. The number of nitrogens with zero attached hydrogens (tertiary/aromatic N) is 1. The average molecular weight is 495 g/mol. The Bertz CT molecular complexity index is 1010. The van der Waals surface area contributed by atoms with E-state index in [0.717, 1.165) is 30.6 Å². The summed E-state index contributed by atoms with van der Waals surface area (Å²) in [6, 6.07) is 15.7. The van der Waals surface area contributed by atoms with Crippen LogP contribution in [0.15, 0.2) is 54.6 Å². The fourth-order valence-electron chi connectivity index (χ4n) is 4.27. The summed E-state index contributed by atoms with van der Waals surface area (Å²) in [5.74, 6) is 0.0413. The van der Waals surface area contributed by atoms with Gasteiger partial charge in [-0.3, -0.25) is 14.4 Å². The molecule has 36 heavy (non-hydrogen) atoms. The summed E-state index contributed by atoms with van der Waals surface area (Å²) < 4.78 is 6.03. The van der Waals surface area contributed by atoms with Crippen LogP contribution in [0, 0.1) is 5.92 Å². The number of rotatable bonds is 3. The minimum absolute atomic E-state index is 0.0729. The monoisotopic (exact) mass is 494 g/mol. The van der Waals surface area contributed by atoms with E-state index in [9.17, 15) is 14.4 Å². The smallest absolute Gasteiger partial charge is 0.247 e. The lowest BCUT2D eigenvalue weighted by atomic mass is 9.98. The highest BCUT2D eigenvalue weighted by Gasteiger charge is 2.29. The molecule has 1 aliphatic rings. The Labute approximate surface area is 213 Å². The first kappa shape index (κ1) is 27.2. The van der Waals surface area contributed by atoms with Crippen LogP contribution in [0.2, 0.25) is 0 Å². The van der Waals surface area contributed by atoms with Crippen LogP contribution in [0.25, 0.3) is 0 Å². The highest BCUT2D eigenvalue weighted by Crippen LogP contribution is 2.20. The van der Waals surface area contributed by atoms with Crippen molar-refractivity contribution in [1.82, 2.24) is 20.9 Å². The van der Waals surface area contributed by atoms with E-state index in [0.29, 0.717) is 25.3 Å². The first-order valence-electron chi connectivity index (χ1n) is 12.7. The summed E-state index contributed by atoms with van der Waals surface area (Å²) >= 11 is 0. The summed E-state index contributed by atoms with van der Waals surface area (Å²) in [7, 11) is 1.61. The number of benzene rings is 2. The van der Waals surface area contributed by atoms with Crippen LogP contribution in [0.1, 0.15) is 43.9 Å². The lowest BCUT2D eigenvalue weighted by Gasteiger charge is -2.29. The molecule has 0 spiro atoms. The van der Waals surface area contributed by atoms with Crippen molar-refractivity contribution >= 4 is 17.7 Å². The number of nitrogens with one attached hydrogen (secondary N) is 3. The molecule has 0 aromatic heterocycles. The molecular weight excluding hydrogens is 456 g/mol. The van der Waals surface area contributed by atoms with Crippen molar-refractivity contribution in [1.29, 1.82) is 0 Å². The second-order valence-corrected chi connectivity index (χ2v) is 9.27. The van der Waals surface area contributed by atoms with E-state index in [4.69, 9.17) is 4.74 Å². The SMILES string of the molecule is CCC(C)C1NCCOc2ccccc2CCCNC(=O)C(c2ccccc2)NC(=O)CN(C)C1=O. The van der Waals surface area contributed by atoms with Gasteiger partial charge in [0.05, 0.1) is 12.6 Å². The molecule has 0 bridgehead atoms. The molecule has 3 rings (SSSR count). The molecule has 0 saturated carbocycles. The highest BCUT2D eigenvalue weighted by molar-refractivity contribution is 5.91. The number of ether oxygens (including phenoxy) is 1. The van der Waals surface area contributed by atoms with Crippen molar-refractivity contribution < 1.29 is 19.1 Å². The van der Waals surface area contributed by atoms with Gasteiger partial charge in [-0.15, -0.1) is 0 Å². The van der Waals surface area contributed by atoms with Crippen LogP contribution in [0.5, 0.6) is 5.75 Å². The quantitative estimate of drug-likeness (QED) is 0.609. The molecule has 0 fully saturated rings. The molecule has 8 nitrogen and oxygen atoms in total. The molecule has 3 unspecified atom stereocenters. The number of fused-ring (bicyclic) bond motifs is 1. The van der Waals surface area contributed by atoms with Crippen LogP contribution in [0.4, 0.5) is 0 Å². The minimum atomic E-state index is -0.847. The maximum atomic E-state index is 13.3. The zero-order chi connectivity index (χ0) is 25.9. The lowest BCUT2D eigenvalue weighted by molar-refractivity contribution is -0.138. The van der Waals surface area contributed by atoms with E-state index in [-0.39, 0.29) is 24.3 Å². The minimum Gasteiger partial charge on any atom is -0.492 e. The first-order chi connectivity index (χ1) is 17.4. The maximum Gasteiger partial charge on any atom is 0.247 e. The van der Waals surface area contributed by atoms with Crippen molar-refractivity contribution in [2.75, 3.05) is 33.3 Å². The predicted octanol–water partition coefficient (Wildman–Crippen LogP) is 2.45. The Balaban J connectivity index is 1.83. The number of amides is 3. The Morgan fingerprint density at radius 2 is 1.75 bits per heavy atom. The number of carbonyl (C=O) groups is 3. The molecule has 3 amide bonds. The van der Waals surface area contributed by atoms with Gasteiger partial charge in [0, 0.05) is 20.1 Å². The van der Waals surface area contributed by atoms with Crippen LogP contribution >= 0.6 is 0 Å². The molecule has 1 aliphatic heterocycles. The average Bonchev–Trinajstić information content (AvgIpc) is 2.89. The molecule has 0 radical (unpaired) electrons. The molecule has 2 aromatic rings. The zero-order valence-electron chi connectivity index (χ0n) is 21.5. The summed E-state index contributed by atoms with van der Waals surface area (Å²) in [6.07, 6.45) is 2.28. The van der Waals surface area contributed by atoms with Crippen molar-refractivity contribution in [2.45, 2.75) is 45.2 Å². The number of hydrogen-bond acceptors (Lipinski definition) is 5. The Morgan fingerprint density at radius 3 is 2.50 bits per heavy atom. The van der Waals surface area contributed by atoms with E-state index in [1.807, 2.05) is 68.4 Å². The van der Waals surface area contributed by atoms with Gasteiger partial charge in [0.2, 0.25) is 17.7 Å². The van der Waals surface area contributed by atoms with Crippen molar-refractivity contribution in [2.24, 2.45) is 5.92 Å². The summed E-state index contributed by atoms with van der Waals surface area (Å²) in [6.45, 7) is 5.28. The molecule has 194 valence electrons. The summed E-state index contributed by atoms with van der Waals surface area (Å²) in [5.41, 5.74) is 1.75. The van der Waals surface area contributed by atoms with Crippen LogP contribution in [0.3, 0.4) is 0 Å². The molecule has 0 saturated heterocycles. The van der Waals surface area contributed by atoms with Crippen molar-refractivity contribution in [3.63, 3.8) is 0 Å². The van der Waals surface area contributed by atoms with Crippen LogP contribution in [-0.2, 0) is 20.8 Å². The lowest BCUT2D eigenvalue weighted by Crippen LogP contribution is -2.52. The molecule has 2 aromatic carbocycles. The van der Waals surface area contributed by atoms with Gasteiger partial charge in [-0.05, 0) is 36.0 Å². The van der Waals surface area contributed by atoms with Gasteiger partial charge in [0.25, 0.3) is 0 Å². The van der Waals surface area contributed by atoms with Gasteiger partial charge < -0.3 is 25.6 Å². The van der Waals surface area contributed by atoms with Gasteiger partial charge in [-0.1, -0.05) is 68.8 Å².